The summed E-state index contributed by atoms with van der Waals surface area (Å²) in [5.74, 6) is 0.272. The Labute approximate surface area is 113 Å². The molecule has 0 spiro atoms. The smallest absolute Gasteiger partial charge is 0.151 e. The molecule has 0 aliphatic heterocycles. The number of hydrogen-bond donors (Lipinski definition) is 0. The minimum Gasteiger partial charge on any atom is -0.260 e. The maximum Gasteiger partial charge on any atom is 0.151 e. The van der Waals surface area contributed by atoms with Gasteiger partial charge in [-0.2, -0.15) is 5.10 Å². The van der Waals surface area contributed by atoms with Gasteiger partial charge in [0.25, 0.3) is 0 Å². The number of hydrogen-bond acceptors (Lipinski definition) is 3. The first kappa shape index (κ1) is 12.5. The molecule has 17 heavy (non-hydrogen) atoms. The molecule has 5 heteroatoms. The van der Waals surface area contributed by atoms with Crippen LogP contribution in [-0.2, 0) is 6.42 Å². The molecule has 0 aliphatic rings. The maximum atomic E-state index is 5.70. The average molecular weight is 313 g/mol. The van der Waals surface area contributed by atoms with Crippen LogP contribution in [0.25, 0.3) is 0 Å². The van der Waals surface area contributed by atoms with E-state index in [1.807, 2.05) is 18.2 Å². The third-order valence-corrected chi connectivity index (χ3v) is 3.13. The van der Waals surface area contributed by atoms with Crippen molar-refractivity contribution in [2.75, 3.05) is 0 Å². The van der Waals surface area contributed by atoms with E-state index in [2.05, 4.69) is 38.0 Å². The van der Waals surface area contributed by atoms with Crippen LogP contribution in [0.4, 0.5) is 0 Å². The molecular formula is C12H11BrClN3. The zero-order chi connectivity index (χ0) is 12.3. The standard InChI is InChI=1S/C12H11BrClN3/c1-8(11-4-5-12(14)17-16-11)6-10-3-2-9(13)7-15-10/h2-5,7-8H,6H2,1H3. The Kier molecular flexibility index (Phi) is 4.07. The fraction of sp³-hybridized carbons (Fsp3) is 0.250. The van der Waals surface area contributed by atoms with Crippen LogP contribution in [0.3, 0.4) is 0 Å². The van der Waals surface area contributed by atoms with E-state index in [0.29, 0.717) is 5.15 Å². The molecule has 2 heterocycles. The quantitative estimate of drug-likeness (QED) is 0.868. The Morgan fingerprint density at radius 3 is 2.65 bits per heavy atom. The highest BCUT2D eigenvalue weighted by Crippen LogP contribution is 2.18. The van der Waals surface area contributed by atoms with E-state index in [9.17, 15) is 0 Å². The first-order chi connectivity index (χ1) is 8.15. The van der Waals surface area contributed by atoms with Gasteiger partial charge in [-0.05, 0) is 46.6 Å². The zero-order valence-electron chi connectivity index (χ0n) is 9.27. The van der Waals surface area contributed by atoms with Crippen LogP contribution in [0.1, 0.15) is 24.2 Å². The van der Waals surface area contributed by atoms with Crippen molar-refractivity contribution in [3.63, 3.8) is 0 Å². The van der Waals surface area contributed by atoms with Crippen LogP contribution in [0.2, 0.25) is 5.15 Å². The molecule has 3 nitrogen and oxygen atoms in total. The van der Waals surface area contributed by atoms with E-state index in [-0.39, 0.29) is 5.92 Å². The first-order valence-electron chi connectivity index (χ1n) is 5.24. The summed E-state index contributed by atoms with van der Waals surface area (Å²) in [4.78, 5) is 4.34. The minimum absolute atomic E-state index is 0.272. The number of aromatic nitrogens is 3. The average Bonchev–Trinajstić information content (AvgIpc) is 2.33. The van der Waals surface area contributed by atoms with Crippen molar-refractivity contribution in [3.05, 3.63) is 51.5 Å². The lowest BCUT2D eigenvalue weighted by Gasteiger charge is -2.09. The molecule has 0 fully saturated rings. The summed E-state index contributed by atoms with van der Waals surface area (Å²) < 4.78 is 0.986. The van der Waals surface area contributed by atoms with Gasteiger partial charge in [0, 0.05) is 22.3 Å². The fourth-order valence-electron chi connectivity index (χ4n) is 1.53. The zero-order valence-corrected chi connectivity index (χ0v) is 11.6. The second-order valence-corrected chi connectivity index (χ2v) is 5.16. The Morgan fingerprint density at radius 1 is 1.24 bits per heavy atom. The second-order valence-electron chi connectivity index (χ2n) is 3.85. The van der Waals surface area contributed by atoms with Crippen molar-refractivity contribution in [1.82, 2.24) is 15.2 Å². The highest BCUT2D eigenvalue weighted by molar-refractivity contribution is 9.10. The van der Waals surface area contributed by atoms with Crippen LogP contribution in [0, 0.1) is 0 Å². The highest BCUT2D eigenvalue weighted by Gasteiger charge is 2.09. The van der Waals surface area contributed by atoms with Crippen LogP contribution in [-0.4, -0.2) is 15.2 Å². The summed E-state index contributed by atoms with van der Waals surface area (Å²) in [7, 11) is 0. The normalized spacial score (nSPS) is 12.4. The molecule has 0 saturated heterocycles. The van der Waals surface area contributed by atoms with Crippen molar-refractivity contribution in [2.45, 2.75) is 19.3 Å². The van der Waals surface area contributed by atoms with Gasteiger partial charge in [-0.15, -0.1) is 5.10 Å². The van der Waals surface area contributed by atoms with Gasteiger partial charge in [-0.3, -0.25) is 4.98 Å². The molecule has 0 amide bonds. The molecule has 0 saturated carbocycles. The van der Waals surface area contributed by atoms with Gasteiger partial charge >= 0.3 is 0 Å². The summed E-state index contributed by atoms with van der Waals surface area (Å²) in [5.41, 5.74) is 1.97. The Balaban J connectivity index is 2.08. The van der Waals surface area contributed by atoms with Crippen LogP contribution < -0.4 is 0 Å². The van der Waals surface area contributed by atoms with Gasteiger partial charge in [0.15, 0.2) is 5.15 Å². The van der Waals surface area contributed by atoms with Crippen molar-refractivity contribution < 1.29 is 0 Å². The van der Waals surface area contributed by atoms with E-state index in [1.54, 1.807) is 12.3 Å². The SMILES string of the molecule is CC(Cc1ccc(Br)cn1)c1ccc(Cl)nn1. The lowest BCUT2D eigenvalue weighted by Crippen LogP contribution is -2.03. The summed E-state index contributed by atoms with van der Waals surface area (Å²) in [5, 5.41) is 8.34. The van der Waals surface area contributed by atoms with Gasteiger partial charge in [0.05, 0.1) is 5.69 Å². The number of nitrogens with zero attached hydrogens (tertiary/aromatic N) is 3. The predicted molar refractivity (Wildman–Crippen MR) is 71.1 cm³/mol. The van der Waals surface area contributed by atoms with Crippen molar-refractivity contribution in [1.29, 1.82) is 0 Å². The summed E-state index contributed by atoms with van der Waals surface area (Å²) in [6, 6.07) is 7.65. The Hall–Kier alpha value is -1.00. The summed E-state index contributed by atoms with van der Waals surface area (Å²) in [6.45, 7) is 2.10. The van der Waals surface area contributed by atoms with Crippen LogP contribution >= 0.6 is 27.5 Å². The molecule has 0 aromatic carbocycles. The summed E-state index contributed by atoms with van der Waals surface area (Å²) in [6.07, 6.45) is 2.64. The molecule has 2 rings (SSSR count). The first-order valence-corrected chi connectivity index (χ1v) is 6.42. The molecule has 2 aromatic rings. The molecule has 88 valence electrons. The molecule has 0 bridgehead atoms. The molecule has 2 aromatic heterocycles. The maximum absolute atomic E-state index is 5.70. The van der Waals surface area contributed by atoms with Gasteiger partial charge in [0.1, 0.15) is 0 Å². The van der Waals surface area contributed by atoms with Crippen molar-refractivity contribution in [3.8, 4) is 0 Å². The largest absolute Gasteiger partial charge is 0.260 e. The van der Waals surface area contributed by atoms with Gasteiger partial charge in [-0.25, -0.2) is 0 Å². The Morgan fingerprint density at radius 2 is 2.06 bits per heavy atom. The lowest BCUT2D eigenvalue weighted by atomic mass is 10.0. The molecule has 1 atom stereocenters. The molecular weight excluding hydrogens is 302 g/mol. The van der Waals surface area contributed by atoms with Crippen LogP contribution in [0.5, 0.6) is 0 Å². The third-order valence-electron chi connectivity index (χ3n) is 2.46. The monoisotopic (exact) mass is 311 g/mol. The molecule has 0 radical (unpaired) electrons. The predicted octanol–water partition coefficient (Wildman–Crippen LogP) is 3.63. The highest BCUT2D eigenvalue weighted by atomic mass is 79.9. The molecule has 0 N–H and O–H groups in total. The second kappa shape index (κ2) is 5.56. The van der Waals surface area contributed by atoms with Gasteiger partial charge in [0.2, 0.25) is 0 Å². The summed E-state index contributed by atoms with van der Waals surface area (Å²) >= 11 is 9.07. The van der Waals surface area contributed by atoms with E-state index in [0.717, 1.165) is 22.3 Å². The van der Waals surface area contributed by atoms with Gasteiger partial charge in [-0.1, -0.05) is 18.5 Å². The third kappa shape index (κ3) is 3.48. The number of halogens is 2. The molecule has 0 aliphatic carbocycles. The van der Waals surface area contributed by atoms with E-state index < -0.39 is 0 Å². The Bertz CT molecular complexity index is 484. The fourth-order valence-corrected chi connectivity index (χ4v) is 1.87. The van der Waals surface area contributed by atoms with Crippen molar-refractivity contribution in [2.24, 2.45) is 0 Å². The van der Waals surface area contributed by atoms with E-state index >= 15 is 0 Å². The lowest BCUT2D eigenvalue weighted by molar-refractivity contribution is 0.697. The minimum atomic E-state index is 0.272. The van der Waals surface area contributed by atoms with E-state index in [1.165, 1.54) is 0 Å². The van der Waals surface area contributed by atoms with Crippen molar-refractivity contribution >= 4 is 27.5 Å². The van der Waals surface area contributed by atoms with E-state index in [4.69, 9.17) is 11.6 Å². The topological polar surface area (TPSA) is 38.7 Å². The molecule has 1 unspecified atom stereocenters. The van der Waals surface area contributed by atoms with Crippen LogP contribution in [0.15, 0.2) is 34.9 Å². The number of pyridine rings is 1. The van der Waals surface area contributed by atoms with Gasteiger partial charge < -0.3 is 0 Å². The number of rotatable bonds is 3.